The zero-order valence-electron chi connectivity index (χ0n) is 9.02. The highest BCUT2D eigenvalue weighted by Gasteiger charge is 2.07. The number of hydrogen-bond donors (Lipinski definition) is 0. The summed E-state index contributed by atoms with van der Waals surface area (Å²) in [6.07, 6.45) is 0. The van der Waals surface area contributed by atoms with Crippen LogP contribution in [0.1, 0.15) is 5.69 Å². The minimum absolute atomic E-state index is 0.738. The van der Waals surface area contributed by atoms with Gasteiger partial charge in [-0.2, -0.15) is 4.99 Å². The standard InChI is InChI=1S/C12H10N2OS/c1-8-6-10(13-7-16)9-4-3-5-11(15-2)12(9)14-8/h3-6H,1-2H3. The fourth-order valence-electron chi connectivity index (χ4n) is 1.63. The number of thiocarbonyl (C=S) groups is 1. The third-order valence-electron chi connectivity index (χ3n) is 2.29. The number of pyridine rings is 1. The van der Waals surface area contributed by atoms with Gasteiger partial charge in [0.05, 0.1) is 18.0 Å². The number of nitrogens with zero attached hydrogens (tertiary/aromatic N) is 2. The summed E-state index contributed by atoms with van der Waals surface area (Å²) in [4.78, 5) is 8.48. The molecule has 0 saturated carbocycles. The van der Waals surface area contributed by atoms with Crippen LogP contribution in [0, 0.1) is 6.92 Å². The summed E-state index contributed by atoms with van der Waals surface area (Å²) in [6, 6.07) is 7.59. The third-order valence-corrected chi connectivity index (χ3v) is 2.39. The number of benzene rings is 1. The van der Waals surface area contributed by atoms with Gasteiger partial charge in [0, 0.05) is 11.1 Å². The topological polar surface area (TPSA) is 34.5 Å². The van der Waals surface area contributed by atoms with Gasteiger partial charge in [-0.25, -0.2) is 4.98 Å². The molecule has 2 rings (SSSR count). The third kappa shape index (κ3) is 1.81. The molecule has 0 radical (unpaired) electrons. The number of para-hydroxylation sites is 1. The molecular weight excluding hydrogens is 220 g/mol. The Bertz CT molecular complexity index is 589. The van der Waals surface area contributed by atoms with Crippen molar-refractivity contribution in [1.29, 1.82) is 0 Å². The molecule has 1 aromatic carbocycles. The maximum absolute atomic E-state index is 5.26. The van der Waals surface area contributed by atoms with Crippen molar-refractivity contribution in [2.24, 2.45) is 4.99 Å². The van der Waals surface area contributed by atoms with Crippen LogP contribution in [0.3, 0.4) is 0 Å². The number of aryl methyl sites for hydroxylation is 1. The Balaban J connectivity index is 2.87. The Morgan fingerprint density at radius 3 is 2.94 bits per heavy atom. The Morgan fingerprint density at radius 1 is 1.44 bits per heavy atom. The SMILES string of the molecule is COc1cccc2c(N=C=S)cc(C)nc12. The van der Waals surface area contributed by atoms with Gasteiger partial charge in [-0.05, 0) is 31.3 Å². The highest BCUT2D eigenvalue weighted by atomic mass is 32.1. The zero-order valence-corrected chi connectivity index (χ0v) is 9.84. The number of ether oxygens (including phenoxy) is 1. The van der Waals surface area contributed by atoms with Crippen LogP contribution in [0.25, 0.3) is 10.9 Å². The summed E-state index contributed by atoms with van der Waals surface area (Å²) in [5, 5.41) is 3.30. The second-order valence-corrected chi connectivity index (χ2v) is 3.52. The first-order chi connectivity index (χ1) is 7.76. The molecule has 4 heteroatoms. The second kappa shape index (κ2) is 4.39. The van der Waals surface area contributed by atoms with E-state index in [0.717, 1.165) is 28.0 Å². The Morgan fingerprint density at radius 2 is 2.25 bits per heavy atom. The molecule has 0 N–H and O–H groups in total. The normalized spacial score (nSPS) is 9.88. The van der Waals surface area contributed by atoms with Gasteiger partial charge in [-0.1, -0.05) is 12.1 Å². The van der Waals surface area contributed by atoms with Crippen LogP contribution >= 0.6 is 12.2 Å². The van der Waals surface area contributed by atoms with Crippen molar-refractivity contribution in [2.45, 2.75) is 6.92 Å². The molecule has 16 heavy (non-hydrogen) atoms. The van der Waals surface area contributed by atoms with Gasteiger partial charge in [-0.15, -0.1) is 0 Å². The lowest BCUT2D eigenvalue weighted by Gasteiger charge is -2.06. The molecule has 0 saturated heterocycles. The molecule has 80 valence electrons. The zero-order chi connectivity index (χ0) is 11.5. The molecule has 0 aliphatic rings. The van der Waals surface area contributed by atoms with Gasteiger partial charge in [0.25, 0.3) is 0 Å². The van der Waals surface area contributed by atoms with Crippen molar-refractivity contribution in [1.82, 2.24) is 4.98 Å². The van der Waals surface area contributed by atoms with E-state index in [0.29, 0.717) is 0 Å². The van der Waals surface area contributed by atoms with E-state index in [1.54, 1.807) is 7.11 Å². The van der Waals surface area contributed by atoms with E-state index in [-0.39, 0.29) is 0 Å². The van der Waals surface area contributed by atoms with Crippen LogP contribution < -0.4 is 4.74 Å². The van der Waals surface area contributed by atoms with Gasteiger partial charge in [0.1, 0.15) is 11.3 Å². The maximum Gasteiger partial charge on any atom is 0.145 e. The van der Waals surface area contributed by atoms with Gasteiger partial charge in [0.2, 0.25) is 0 Å². The van der Waals surface area contributed by atoms with E-state index in [1.165, 1.54) is 0 Å². The lowest BCUT2D eigenvalue weighted by atomic mass is 10.1. The molecule has 1 heterocycles. The van der Waals surface area contributed by atoms with Gasteiger partial charge >= 0.3 is 0 Å². The lowest BCUT2D eigenvalue weighted by Crippen LogP contribution is -1.89. The first-order valence-electron chi connectivity index (χ1n) is 4.78. The summed E-state index contributed by atoms with van der Waals surface area (Å²) in [7, 11) is 1.63. The van der Waals surface area contributed by atoms with Crippen LogP contribution in [-0.2, 0) is 0 Å². The van der Waals surface area contributed by atoms with Gasteiger partial charge in [0.15, 0.2) is 0 Å². The maximum atomic E-state index is 5.26. The Kier molecular flexibility index (Phi) is 2.95. The monoisotopic (exact) mass is 230 g/mol. The van der Waals surface area contributed by atoms with Crippen molar-refractivity contribution in [3.8, 4) is 5.75 Å². The van der Waals surface area contributed by atoms with Crippen LogP contribution in [0.15, 0.2) is 29.3 Å². The van der Waals surface area contributed by atoms with Crippen LogP contribution in [0.4, 0.5) is 5.69 Å². The second-order valence-electron chi connectivity index (χ2n) is 3.34. The van der Waals surface area contributed by atoms with Crippen LogP contribution in [0.5, 0.6) is 5.75 Å². The van der Waals surface area contributed by atoms with E-state index in [9.17, 15) is 0 Å². The van der Waals surface area contributed by atoms with E-state index >= 15 is 0 Å². The molecule has 0 aliphatic carbocycles. The van der Waals surface area contributed by atoms with Crippen molar-refractivity contribution >= 4 is 34.0 Å². The average molecular weight is 230 g/mol. The molecule has 3 nitrogen and oxygen atoms in total. The summed E-state index contributed by atoms with van der Waals surface area (Å²) >= 11 is 4.63. The van der Waals surface area contributed by atoms with Crippen LogP contribution in [-0.4, -0.2) is 17.3 Å². The summed E-state index contributed by atoms with van der Waals surface area (Å²) in [5.41, 5.74) is 2.45. The Hall–Kier alpha value is -1.77. The number of isothiocyanates is 1. The molecule has 0 amide bonds. The molecule has 0 atom stereocenters. The number of hydrogen-bond acceptors (Lipinski definition) is 4. The minimum Gasteiger partial charge on any atom is -0.494 e. The van der Waals surface area contributed by atoms with Crippen LogP contribution in [0.2, 0.25) is 0 Å². The molecule has 1 aromatic heterocycles. The molecule has 0 unspecified atom stereocenters. The molecular formula is C12H10N2OS. The minimum atomic E-state index is 0.738. The molecule has 2 aromatic rings. The summed E-state index contributed by atoms with van der Waals surface area (Å²) < 4.78 is 5.26. The number of aromatic nitrogens is 1. The smallest absolute Gasteiger partial charge is 0.145 e. The van der Waals surface area contributed by atoms with Crippen molar-refractivity contribution < 1.29 is 4.74 Å². The van der Waals surface area contributed by atoms with E-state index in [1.807, 2.05) is 31.2 Å². The largest absolute Gasteiger partial charge is 0.494 e. The molecule has 0 spiro atoms. The first kappa shape index (κ1) is 10.7. The van der Waals surface area contributed by atoms with Gasteiger partial charge < -0.3 is 4.74 Å². The Labute approximate surface area is 98.8 Å². The highest BCUT2D eigenvalue weighted by Crippen LogP contribution is 2.31. The average Bonchev–Trinajstić information content (AvgIpc) is 2.28. The number of methoxy groups -OCH3 is 1. The molecule has 0 bridgehead atoms. The summed E-state index contributed by atoms with van der Waals surface area (Å²) in [6.45, 7) is 1.91. The van der Waals surface area contributed by atoms with Crippen molar-refractivity contribution in [3.63, 3.8) is 0 Å². The predicted molar refractivity (Wildman–Crippen MR) is 67.7 cm³/mol. The number of rotatable bonds is 2. The number of fused-ring (bicyclic) bond motifs is 1. The van der Waals surface area contributed by atoms with Gasteiger partial charge in [-0.3, -0.25) is 0 Å². The quantitative estimate of drug-likeness (QED) is 0.586. The number of aliphatic imine (C=N–C) groups is 1. The van der Waals surface area contributed by atoms with E-state index < -0.39 is 0 Å². The van der Waals surface area contributed by atoms with E-state index in [2.05, 4.69) is 27.4 Å². The fraction of sp³-hybridized carbons (Fsp3) is 0.167. The highest BCUT2D eigenvalue weighted by molar-refractivity contribution is 7.78. The molecule has 0 fully saturated rings. The first-order valence-corrected chi connectivity index (χ1v) is 5.19. The van der Waals surface area contributed by atoms with Crippen molar-refractivity contribution in [2.75, 3.05) is 7.11 Å². The fourth-order valence-corrected chi connectivity index (χ4v) is 1.73. The molecule has 0 aliphatic heterocycles. The lowest BCUT2D eigenvalue weighted by molar-refractivity contribution is 0.419. The predicted octanol–water partition coefficient (Wildman–Crippen LogP) is 3.29. The summed E-state index contributed by atoms with van der Waals surface area (Å²) in [5.74, 6) is 0.738. The van der Waals surface area contributed by atoms with Crippen molar-refractivity contribution in [3.05, 3.63) is 30.0 Å². The van der Waals surface area contributed by atoms with E-state index in [4.69, 9.17) is 4.74 Å².